The molecule has 2 aromatic heterocycles. The third-order valence-electron chi connectivity index (χ3n) is 6.07. The largest absolute Gasteiger partial charge is 0.378 e. The summed E-state index contributed by atoms with van der Waals surface area (Å²) in [6.07, 6.45) is 9.37. The number of halogens is 1. The molecule has 2 fully saturated rings. The van der Waals surface area contributed by atoms with Crippen LogP contribution in [-0.4, -0.2) is 71.3 Å². The van der Waals surface area contributed by atoms with Gasteiger partial charge in [0.15, 0.2) is 0 Å². The summed E-state index contributed by atoms with van der Waals surface area (Å²) >= 11 is 0. The van der Waals surface area contributed by atoms with Crippen LogP contribution in [0.4, 0.5) is 11.9 Å². The number of nitrogens with zero attached hydrogens (tertiary/aromatic N) is 7. The number of hydrogen-bond donors (Lipinski definition) is 0. The lowest BCUT2D eigenvalue weighted by molar-refractivity contribution is 0.122. The molecule has 9 heteroatoms. The predicted octanol–water partition coefficient (Wildman–Crippen LogP) is 1.85. The van der Waals surface area contributed by atoms with Gasteiger partial charge in [0.1, 0.15) is 0 Å². The van der Waals surface area contributed by atoms with E-state index in [-0.39, 0.29) is 12.4 Å². The molecule has 2 aromatic rings. The van der Waals surface area contributed by atoms with Gasteiger partial charge in [0.05, 0.1) is 18.9 Å². The molecule has 0 aliphatic carbocycles. The lowest BCUT2D eigenvalue weighted by atomic mass is 9.99. The Morgan fingerprint density at radius 3 is 2.55 bits per heavy atom. The Labute approximate surface area is 177 Å². The first kappa shape index (κ1) is 20.3. The average molecular weight is 418 g/mol. The van der Waals surface area contributed by atoms with Gasteiger partial charge in [-0.2, -0.15) is 0 Å². The molecule has 2 atom stereocenters. The molecule has 2 saturated heterocycles. The van der Waals surface area contributed by atoms with E-state index in [2.05, 4.69) is 26.0 Å². The number of ether oxygens (including phenoxy) is 1. The van der Waals surface area contributed by atoms with Crippen molar-refractivity contribution in [2.24, 2.45) is 0 Å². The molecular weight excluding hydrogens is 390 g/mol. The number of anilines is 2. The van der Waals surface area contributed by atoms with Gasteiger partial charge in [-0.05, 0) is 12.8 Å². The minimum absolute atomic E-state index is 0. The zero-order valence-corrected chi connectivity index (χ0v) is 17.8. The molecule has 5 heterocycles. The standard InChI is InChI=1S/C20H27N7O.ClH/c1-25(2)19-21-10-14(11-22-19)13-27-15-3-4-18(27)16-12-23-20(24-17(16)9-15)26-5-7-28-8-6-26;/h10-12,15,18H,3-9,13H2,1-2H3;1H. The lowest BCUT2D eigenvalue weighted by Crippen LogP contribution is -2.40. The van der Waals surface area contributed by atoms with Gasteiger partial charge in [-0.15, -0.1) is 12.4 Å². The van der Waals surface area contributed by atoms with Crippen LogP contribution in [-0.2, 0) is 17.7 Å². The van der Waals surface area contributed by atoms with E-state index in [4.69, 9.17) is 14.7 Å². The average Bonchev–Trinajstić information content (AvgIpc) is 3.00. The molecule has 3 aliphatic rings. The minimum atomic E-state index is 0. The van der Waals surface area contributed by atoms with Crippen molar-refractivity contribution in [3.8, 4) is 0 Å². The summed E-state index contributed by atoms with van der Waals surface area (Å²) in [5, 5.41) is 0. The summed E-state index contributed by atoms with van der Waals surface area (Å²) < 4.78 is 5.45. The third kappa shape index (κ3) is 3.89. The van der Waals surface area contributed by atoms with Gasteiger partial charge < -0.3 is 14.5 Å². The van der Waals surface area contributed by atoms with Crippen molar-refractivity contribution in [3.05, 3.63) is 35.4 Å². The first-order valence-electron chi connectivity index (χ1n) is 10.1. The van der Waals surface area contributed by atoms with Crippen LogP contribution < -0.4 is 9.80 Å². The molecule has 2 unspecified atom stereocenters. The van der Waals surface area contributed by atoms with Crippen molar-refractivity contribution in [2.75, 3.05) is 50.2 Å². The van der Waals surface area contributed by atoms with Gasteiger partial charge in [0.2, 0.25) is 11.9 Å². The molecule has 0 spiro atoms. The van der Waals surface area contributed by atoms with Crippen LogP contribution in [0.5, 0.6) is 0 Å². The summed E-state index contributed by atoms with van der Waals surface area (Å²) in [5.74, 6) is 1.61. The molecule has 3 aliphatic heterocycles. The monoisotopic (exact) mass is 417 g/mol. The maximum atomic E-state index is 5.45. The fraction of sp³-hybridized carbons (Fsp3) is 0.600. The van der Waals surface area contributed by atoms with Crippen molar-refractivity contribution >= 4 is 24.3 Å². The van der Waals surface area contributed by atoms with Crippen molar-refractivity contribution < 1.29 is 4.74 Å². The van der Waals surface area contributed by atoms with E-state index in [1.807, 2.05) is 31.4 Å². The molecule has 8 nitrogen and oxygen atoms in total. The normalized spacial score (nSPS) is 23.4. The van der Waals surface area contributed by atoms with Crippen molar-refractivity contribution in [2.45, 2.75) is 37.9 Å². The van der Waals surface area contributed by atoms with Crippen LogP contribution in [0.2, 0.25) is 0 Å². The fourth-order valence-electron chi connectivity index (χ4n) is 4.60. The quantitative estimate of drug-likeness (QED) is 0.746. The summed E-state index contributed by atoms with van der Waals surface area (Å²) in [5.41, 5.74) is 3.70. The van der Waals surface area contributed by atoms with Crippen molar-refractivity contribution in [3.63, 3.8) is 0 Å². The second kappa shape index (κ2) is 8.38. The van der Waals surface area contributed by atoms with Crippen LogP contribution in [0.25, 0.3) is 0 Å². The summed E-state index contributed by atoms with van der Waals surface area (Å²) in [7, 11) is 3.92. The molecule has 2 bridgehead atoms. The summed E-state index contributed by atoms with van der Waals surface area (Å²) in [6.45, 7) is 4.15. The highest BCUT2D eigenvalue weighted by Gasteiger charge is 2.41. The highest BCUT2D eigenvalue weighted by atomic mass is 35.5. The van der Waals surface area contributed by atoms with E-state index < -0.39 is 0 Å². The van der Waals surface area contributed by atoms with E-state index in [1.54, 1.807) is 0 Å². The summed E-state index contributed by atoms with van der Waals surface area (Å²) in [6, 6.07) is 0.944. The second-order valence-corrected chi connectivity index (χ2v) is 8.08. The van der Waals surface area contributed by atoms with Gasteiger partial charge in [-0.3, -0.25) is 4.90 Å². The topological polar surface area (TPSA) is 70.5 Å². The Morgan fingerprint density at radius 2 is 1.83 bits per heavy atom. The van der Waals surface area contributed by atoms with E-state index in [1.165, 1.54) is 24.1 Å². The van der Waals surface area contributed by atoms with E-state index in [0.717, 1.165) is 56.7 Å². The van der Waals surface area contributed by atoms with Crippen LogP contribution >= 0.6 is 12.4 Å². The lowest BCUT2D eigenvalue weighted by Gasteiger charge is -2.36. The van der Waals surface area contributed by atoms with Crippen LogP contribution in [0.3, 0.4) is 0 Å². The van der Waals surface area contributed by atoms with Gasteiger partial charge in [0, 0.05) is 82.0 Å². The minimum Gasteiger partial charge on any atom is -0.378 e. The van der Waals surface area contributed by atoms with Gasteiger partial charge in [-0.25, -0.2) is 19.9 Å². The van der Waals surface area contributed by atoms with Crippen LogP contribution in [0, 0.1) is 0 Å². The smallest absolute Gasteiger partial charge is 0.225 e. The van der Waals surface area contributed by atoms with Gasteiger partial charge in [-0.1, -0.05) is 0 Å². The van der Waals surface area contributed by atoms with Crippen LogP contribution in [0.1, 0.15) is 35.7 Å². The first-order chi connectivity index (χ1) is 13.7. The molecule has 0 N–H and O–H groups in total. The zero-order chi connectivity index (χ0) is 19.1. The fourth-order valence-corrected chi connectivity index (χ4v) is 4.60. The van der Waals surface area contributed by atoms with Crippen LogP contribution in [0.15, 0.2) is 18.6 Å². The summed E-state index contributed by atoms with van der Waals surface area (Å²) in [4.78, 5) is 25.4. The first-order valence-corrected chi connectivity index (χ1v) is 10.1. The molecule has 0 aromatic carbocycles. The highest BCUT2D eigenvalue weighted by Crippen LogP contribution is 2.43. The number of morpholine rings is 1. The number of hydrogen-bond acceptors (Lipinski definition) is 8. The maximum Gasteiger partial charge on any atom is 0.225 e. The van der Waals surface area contributed by atoms with Gasteiger partial charge >= 0.3 is 0 Å². The Balaban J connectivity index is 0.00000205. The molecule has 156 valence electrons. The number of aromatic nitrogens is 4. The molecule has 0 radical (unpaired) electrons. The predicted molar refractivity (Wildman–Crippen MR) is 114 cm³/mol. The molecular formula is C20H28ClN7O. The molecule has 0 amide bonds. The number of fused-ring (bicyclic) bond motifs is 4. The molecule has 0 saturated carbocycles. The van der Waals surface area contributed by atoms with Crippen molar-refractivity contribution in [1.29, 1.82) is 0 Å². The number of rotatable bonds is 4. The van der Waals surface area contributed by atoms with E-state index in [0.29, 0.717) is 12.1 Å². The SMILES string of the molecule is CN(C)c1ncc(CN2C3CCC2c2cnc(N4CCOCC4)nc2C3)cn1.Cl. The van der Waals surface area contributed by atoms with E-state index in [9.17, 15) is 0 Å². The van der Waals surface area contributed by atoms with Gasteiger partial charge in [0.25, 0.3) is 0 Å². The molecule has 5 rings (SSSR count). The second-order valence-electron chi connectivity index (χ2n) is 8.08. The zero-order valence-electron chi connectivity index (χ0n) is 17.0. The Hall–Kier alpha value is -2.03. The Bertz CT molecular complexity index is 841. The van der Waals surface area contributed by atoms with E-state index >= 15 is 0 Å². The Kier molecular flexibility index (Phi) is 5.85. The highest BCUT2D eigenvalue weighted by molar-refractivity contribution is 5.85. The third-order valence-corrected chi connectivity index (χ3v) is 6.07. The maximum absolute atomic E-state index is 5.45. The molecule has 29 heavy (non-hydrogen) atoms. The van der Waals surface area contributed by atoms with Crippen molar-refractivity contribution in [1.82, 2.24) is 24.8 Å². The Morgan fingerprint density at radius 1 is 1.07 bits per heavy atom.